The number of hydrazine groups is 1. The minimum atomic E-state index is -0.920. The van der Waals surface area contributed by atoms with Crippen molar-refractivity contribution in [2.75, 3.05) is 20.3 Å². The van der Waals surface area contributed by atoms with E-state index in [1.807, 2.05) is 0 Å². The molecular weight excluding hydrogens is 218 g/mol. The zero-order valence-corrected chi connectivity index (χ0v) is 9.94. The lowest BCUT2D eigenvalue weighted by molar-refractivity contribution is -0.168. The zero-order valence-electron chi connectivity index (χ0n) is 9.12. The Morgan fingerprint density at radius 1 is 1.33 bits per heavy atom. The smallest absolute Gasteiger partial charge is 0.283 e. The Morgan fingerprint density at radius 3 is 2.27 bits per heavy atom. The molecule has 3 N–H and O–H groups in total. The first-order valence-electron chi connectivity index (χ1n) is 4.66. The number of rotatable bonds is 6. The molecule has 15 heavy (non-hydrogen) atoms. The van der Waals surface area contributed by atoms with E-state index >= 15 is 0 Å². The van der Waals surface area contributed by atoms with E-state index < -0.39 is 12.2 Å². The first kappa shape index (κ1) is 14.2. The predicted molar refractivity (Wildman–Crippen MR) is 60.0 cm³/mol. The minimum absolute atomic E-state index is 0.173. The van der Waals surface area contributed by atoms with Crippen LogP contribution < -0.4 is 16.2 Å². The van der Waals surface area contributed by atoms with Crippen LogP contribution in [0.3, 0.4) is 0 Å². The van der Waals surface area contributed by atoms with E-state index in [4.69, 9.17) is 21.7 Å². The van der Waals surface area contributed by atoms with Crippen molar-refractivity contribution < 1.29 is 14.3 Å². The molecule has 1 amide bonds. The summed E-state index contributed by atoms with van der Waals surface area (Å²) < 4.78 is 10.2. The van der Waals surface area contributed by atoms with Gasteiger partial charge >= 0.3 is 0 Å². The average molecular weight is 235 g/mol. The van der Waals surface area contributed by atoms with E-state index in [0.717, 1.165) is 0 Å². The third-order valence-corrected chi connectivity index (χ3v) is 1.53. The fourth-order valence-electron chi connectivity index (χ4n) is 0.818. The molecule has 0 saturated carbocycles. The highest BCUT2D eigenvalue weighted by Crippen LogP contribution is 1.94. The largest absolute Gasteiger partial charge is 0.345 e. The van der Waals surface area contributed by atoms with Crippen molar-refractivity contribution in [3.8, 4) is 0 Å². The molecule has 6 nitrogen and oxygen atoms in total. The highest BCUT2D eigenvalue weighted by Gasteiger charge is 2.19. The number of carbonyl (C=O) groups excluding carboxylic acids is 1. The number of nitrogens with one attached hydrogen (secondary N) is 3. The van der Waals surface area contributed by atoms with Gasteiger partial charge in [-0.25, -0.2) is 5.43 Å². The number of hydrogen-bond acceptors (Lipinski definition) is 5. The fraction of sp³-hybridized carbons (Fsp3) is 0.750. The van der Waals surface area contributed by atoms with Crippen molar-refractivity contribution in [1.82, 2.24) is 16.2 Å². The minimum Gasteiger partial charge on any atom is -0.345 e. The molecule has 0 rings (SSSR count). The van der Waals surface area contributed by atoms with E-state index in [1.54, 1.807) is 20.9 Å². The third kappa shape index (κ3) is 6.34. The van der Waals surface area contributed by atoms with Crippen LogP contribution in [0.2, 0.25) is 0 Å². The lowest BCUT2D eigenvalue weighted by Crippen LogP contribution is -2.49. The van der Waals surface area contributed by atoms with Crippen molar-refractivity contribution in [2.45, 2.75) is 20.1 Å². The Kier molecular flexibility index (Phi) is 8.11. The second kappa shape index (κ2) is 8.54. The summed E-state index contributed by atoms with van der Waals surface area (Å²) in [4.78, 5) is 11.5. The van der Waals surface area contributed by atoms with Gasteiger partial charge in [0.05, 0.1) is 0 Å². The lowest BCUT2D eigenvalue weighted by Gasteiger charge is -2.16. The van der Waals surface area contributed by atoms with E-state index in [1.165, 1.54) is 0 Å². The van der Waals surface area contributed by atoms with Crippen LogP contribution in [0.1, 0.15) is 13.8 Å². The molecule has 0 aliphatic carbocycles. The molecule has 0 aromatic carbocycles. The van der Waals surface area contributed by atoms with Crippen molar-refractivity contribution in [3.63, 3.8) is 0 Å². The van der Waals surface area contributed by atoms with Gasteiger partial charge in [0.2, 0.25) is 6.29 Å². The number of carbonyl (C=O) groups is 1. The van der Waals surface area contributed by atoms with Gasteiger partial charge in [-0.2, -0.15) is 0 Å². The van der Waals surface area contributed by atoms with Gasteiger partial charge in [0, 0.05) is 20.3 Å². The average Bonchev–Trinajstić information content (AvgIpc) is 2.17. The topological polar surface area (TPSA) is 71.6 Å². The van der Waals surface area contributed by atoms with Gasteiger partial charge in [-0.1, -0.05) is 0 Å². The second-order valence-corrected chi connectivity index (χ2v) is 2.84. The highest BCUT2D eigenvalue weighted by molar-refractivity contribution is 7.80. The van der Waals surface area contributed by atoms with Gasteiger partial charge < -0.3 is 9.47 Å². The van der Waals surface area contributed by atoms with Crippen LogP contribution in [-0.2, 0) is 14.3 Å². The summed E-state index contributed by atoms with van der Waals surface area (Å²) in [6.07, 6.45) is -0.920. The maximum atomic E-state index is 11.5. The normalized spacial score (nSPS) is 10.1. The molecule has 88 valence electrons. The quantitative estimate of drug-likeness (QED) is 0.328. The van der Waals surface area contributed by atoms with Gasteiger partial charge in [-0.05, 0) is 26.1 Å². The van der Waals surface area contributed by atoms with Gasteiger partial charge in [0.15, 0.2) is 5.11 Å². The van der Waals surface area contributed by atoms with Crippen molar-refractivity contribution >= 4 is 23.2 Å². The number of amides is 1. The Morgan fingerprint density at radius 2 is 1.87 bits per heavy atom. The van der Waals surface area contributed by atoms with E-state index in [0.29, 0.717) is 13.2 Å². The van der Waals surface area contributed by atoms with Gasteiger partial charge in [-0.15, -0.1) is 0 Å². The standard InChI is InChI=1S/C8H17N3O3S/c1-4-13-7(14-5-2)6(12)10-8(15)11-9-3/h7,9H,4-5H2,1-3H3,(H2,10,11,12,15). The molecule has 0 saturated heterocycles. The molecule has 0 bridgehead atoms. The van der Waals surface area contributed by atoms with Crippen LogP contribution in [0.15, 0.2) is 0 Å². The van der Waals surface area contributed by atoms with Crippen LogP contribution in [0.5, 0.6) is 0 Å². The van der Waals surface area contributed by atoms with Gasteiger partial charge in [0.25, 0.3) is 5.91 Å². The number of thiocarbonyl (C=S) groups is 1. The fourth-order valence-corrected chi connectivity index (χ4v) is 1.02. The SMILES string of the molecule is CCOC(OCC)C(=O)NC(=S)NNC. The number of hydrogen-bond donors (Lipinski definition) is 3. The van der Waals surface area contributed by atoms with Crippen LogP contribution in [0.25, 0.3) is 0 Å². The monoisotopic (exact) mass is 235 g/mol. The maximum Gasteiger partial charge on any atom is 0.283 e. The molecule has 0 spiro atoms. The first-order chi connectivity index (χ1) is 7.15. The Balaban J connectivity index is 4.06. The molecule has 0 aromatic rings. The number of ether oxygens (including phenoxy) is 2. The second-order valence-electron chi connectivity index (χ2n) is 2.44. The Hall–Kier alpha value is -0.760. The summed E-state index contributed by atoms with van der Waals surface area (Å²) in [5, 5.41) is 2.59. The van der Waals surface area contributed by atoms with Crippen LogP contribution >= 0.6 is 12.2 Å². The predicted octanol–water partition coefficient (Wildman–Crippen LogP) is -0.489. The van der Waals surface area contributed by atoms with Crippen molar-refractivity contribution in [1.29, 1.82) is 0 Å². The van der Waals surface area contributed by atoms with E-state index in [-0.39, 0.29) is 5.11 Å². The maximum absolute atomic E-state index is 11.5. The third-order valence-electron chi connectivity index (χ3n) is 1.33. The summed E-state index contributed by atoms with van der Waals surface area (Å²) in [5.74, 6) is -0.425. The highest BCUT2D eigenvalue weighted by atomic mass is 32.1. The van der Waals surface area contributed by atoms with Crippen molar-refractivity contribution in [3.05, 3.63) is 0 Å². The lowest BCUT2D eigenvalue weighted by atomic mass is 10.5. The van der Waals surface area contributed by atoms with E-state index in [2.05, 4.69) is 16.2 Å². The molecule has 0 unspecified atom stereocenters. The van der Waals surface area contributed by atoms with E-state index in [9.17, 15) is 4.79 Å². The van der Waals surface area contributed by atoms with Gasteiger partial charge in [-0.3, -0.25) is 15.5 Å². The molecular formula is C8H17N3O3S. The molecule has 7 heteroatoms. The summed E-state index contributed by atoms with van der Waals surface area (Å²) in [6, 6.07) is 0. The van der Waals surface area contributed by atoms with Crippen LogP contribution in [0.4, 0.5) is 0 Å². The van der Waals surface area contributed by atoms with Crippen LogP contribution in [0, 0.1) is 0 Å². The summed E-state index contributed by atoms with van der Waals surface area (Å²) in [6.45, 7) is 4.35. The molecule has 0 heterocycles. The molecule has 0 fully saturated rings. The molecule has 0 radical (unpaired) electrons. The van der Waals surface area contributed by atoms with Crippen molar-refractivity contribution in [2.24, 2.45) is 0 Å². The van der Waals surface area contributed by atoms with Crippen LogP contribution in [-0.4, -0.2) is 37.6 Å². The Labute approximate surface area is 94.7 Å². The summed E-state index contributed by atoms with van der Waals surface area (Å²) in [7, 11) is 1.64. The Bertz CT molecular complexity index is 207. The zero-order chi connectivity index (χ0) is 11.7. The summed E-state index contributed by atoms with van der Waals surface area (Å²) in [5.41, 5.74) is 5.14. The molecule has 0 atom stereocenters. The molecule has 0 aliphatic rings. The summed E-state index contributed by atoms with van der Waals surface area (Å²) >= 11 is 4.80. The molecule has 0 aliphatic heterocycles. The first-order valence-corrected chi connectivity index (χ1v) is 5.07. The van der Waals surface area contributed by atoms with Gasteiger partial charge in [0.1, 0.15) is 0 Å². The molecule has 0 aromatic heterocycles.